The van der Waals surface area contributed by atoms with Crippen LogP contribution < -0.4 is 10.6 Å². The lowest BCUT2D eigenvalue weighted by molar-refractivity contribution is 0.0501. The molecule has 136 valence electrons. The van der Waals surface area contributed by atoms with Crippen LogP contribution in [0.15, 0.2) is 54.7 Å². The summed E-state index contributed by atoms with van der Waals surface area (Å²) in [5.41, 5.74) is 1.49. The van der Waals surface area contributed by atoms with E-state index >= 15 is 0 Å². The number of carbonyl (C=O) groups is 2. The topological polar surface area (TPSA) is 67.4 Å². The lowest BCUT2D eigenvalue weighted by Crippen LogP contribution is -2.25. The third-order valence-corrected chi connectivity index (χ3v) is 3.85. The minimum absolute atomic E-state index is 0.314. The molecule has 0 heterocycles. The zero-order chi connectivity index (χ0) is 18.8. The predicted octanol–water partition coefficient (Wildman–Crippen LogP) is 5.09. The fourth-order valence-electron chi connectivity index (χ4n) is 2.13. The number of nitrogens with one attached hydrogen (secondary N) is 2. The molecule has 6 heteroatoms. The molecule has 2 amide bonds. The molecule has 0 spiro atoms. The highest BCUT2D eigenvalue weighted by Crippen LogP contribution is 2.17. The summed E-state index contributed by atoms with van der Waals surface area (Å²) in [5, 5.41) is 5.82. The van der Waals surface area contributed by atoms with Gasteiger partial charge in [0.15, 0.2) is 0 Å². The minimum Gasteiger partial charge on any atom is -0.462 e. The summed E-state index contributed by atoms with van der Waals surface area (Å²) in [7, 11) is 0. The van der Waals surface area contributed by atoms with Gasteiger partial charge in [-0.2, -0.15) is 0 Å². The van der Waals surface area contributed by atoms with Crippen LogP contribution in [-0.2, 0) is 4.74 Å². The van der Waals surface area contributed by atoms with Crippen LogP contribution in [0.1, 0.15) is 35.7 Å². The van der Waals surface area contributed by atoms with Gasteiger partial charge < -0.3 is 15.4 Å². The van der Waals surface area contributed by atoms with E-state index in [2.05, 4.69) is 10.6 Å². The average molecular weight is 373 g/mol. The second-order valence-electron chi connectivity index (χ2n) is 5.49. The standard InChI is InChI=1S/C20H21ClN2O3/c1-2-3-14-26-19(24)16-9-5-7-11-18(16)23-20(25)22-13-12-15-8-4-6-10-17(15)21/h4-13H,2-3,14H2,1H3,(H2,22,23,25)/b13-12+. The highest BCUT2D eigenvalue weighted by molar-refractivity contribution is 6.32. The lowest BCUT2D eigenvalue weighted by Gasteiger charge is -2.10. The van der Waals surface area contributed by atoms with Crippen molar-refractivity contribution in [2.24, 2.45) is 0 Å². The van der Waals surface area contributed by atoms with Gasteiger partial charge in [-0.15, -0.1) is 0 Å². The summed E-state index contributed by atoms with van der Waals surface area (Å²) < 4.78 is 5.20. The molecule has 0 unspecified atom stereocenters. The van der Waals surface area contributed by atoms with Crippen molar-refractivity contribution in [3.05, 3.63) is 70.9 Å². The SMILES string of the molecule is CCCCOC(=O)c1ccccc1NC(=O)N/C=C/c1ccccc1Cl. The van der Waals surface area contributed by atoms with Crippen LogP contribution in [0.3, 0.4) is 0 Å². The van der Waals surface area contributed by atoms with E-state index in [9.17, 15) is 9.59 Å². The van der Waals surface area contributed by atoms with Gasteiger partial charge >= 0.3 is 12.0 Å². The number of anilines is 1. The van der Waals surface area contributed by atoms with Crippen molar-refractivity contribution in [3.8, 4) is 0 Å². The Morgan fingerprint density at radius 2 is 1.85 bits per heavy atom. The van der Waals surface area contributed by atoms with Gasteiger partial charge in [-0.25, -0.2) is 9.59 Å². The van der Waals surface area contributed by atoms with Crippen LogP contribution in [0.4, 0.5) is 10.5 Å². The molecule has 0 bridgehead atoms. The first-order chi connectivity index (χ1) is 12.6. The van der Waals surface area contributed by atoms with E-state index < -0.39 is 12.0 Å². The number of ether oxygens (including phenoxy) is 1. The van der Waals surface area contributed by atoms with Gasteiger partial charge in [0.1, 0.15) is 0 Å². The zero-order valence-electron chi connectivity index (χ0n) is 14.5. The van der Waals surface area contributed by atoms with Gasteiger partial charge in [0, 0.05) is 11.2 Å². The molecule has 5 nitrogen and oxygen atoms in total. The van der Waals surface area contributed by atoms with Crippen molar-refractivity contribution in [1.29, 1.82) is 0 Å². The predicted molar refractivity (Wildman–Crippen MR) is 104 cm³/mol. The Hall–Kier alpha value is -2.79. The molecule has 2 aromatic rings. The van der Waals surface area contributed by atoms with Gasteiger partial charge in [-0.3, -0.25) is 0 Å². The molecule has 0 aliphatic carbocycles. The number of para-hydroxylation sites is 1. The first-order valence-corrected chi connectivity index (χ1v) is 8.74. The second kappa shape index (κ2) is 10.3. The van der Waals surface area contributed by atoms with Crippen LogP contribution >= 0.6 is 11.6 Å². The molecule has 0 atom stereocenters. The summed E-state index contributed by atoms with van der Waals surface area (Å²) in [6, 6.07) is 13.5. The summed E-state index contributed by atoms with van der Waals surface area (Å²) in [5.74, 6) is -0.457. The number of unbranched alkanes of at least 4 members (excludes halogenated alkanes) is 1. The number of esters is 1. The Kier molecular flexibility index (Phi) is 7.71. The molecule has 2 rings (SSSR count). The van der Waals surface area contributed by atoms with Gasteiger partial charge in [0.05, 0.1) is 17.9 Å². The highest BCUT2D eigenvalue weighted by Gasteiger charge is 2.13. The maximum atomic E-state index is 12.1. The van der Waals surface area contributed by atoms with E-state index in [0.717, 1.165) is 18.4 Å². The molecule has 0 radical (unpaired) electrons. The van der Waals surface area contributed by atoms with Crippen molar-refractivity contribution in [1.82, 2.24) is 5.32 Å². The summed E-state index contributed by atoms with van der Waals surface area (Å²) in [6.45, 7) is 2.38. The van der Waals surface area contributed by atoms with Crippen LogP contribution in [0.5, 0.6) is 0 Å². The zero-order valence-corrected chi connectivity index (χ0v) is 15.3. The van der Waals surface area contributed by atoms with Crippen molar-refractivity contribution in [2.45, 2.75) is 19.8 Å². The average Bonchev–Trinajstić information content (AvgIpc) is 2.64. The van der Waals surface area contributed by atoms with Gasteiger partial charge in [0.2, 0.25) is 0 Å². The molecule has 0 fully saturated rings. The lowest BCUT2D eigenvalue weighted by atomic mass is 10.2. The maximum absolute atomic E-state index is 12.1. The molecule has 2 N–H and O–H groups in total. The number of carbonyl (C=O) groups excluding carboxylic acids is 2. The Bertz CT molecular complexity index is 790. The van der Waals surface area contributed by atoms with Crippen LogP contribution in [-0.4, -0.2) is 18.6 Å². The second-order valence-corrected chi connectivity index (χ2v) is 5.90. The smallest absolute Gasteiger partial charge is 0.340 e. The summed E-state index contributed by atoms with van der Waals surface area (Å²) in [4.78, 5) is 24.2. The largest absolute Gasteiger partial charge is 0.462 e. The van der Waals surface area contributed by atoms with Crippen molar-refractivity contribution < 1.29 is 14.3 Å². The van der Waals surface area contributed by atoms with Gasteiger partial charge in [-0.1, -0.05) is 55.3 Å². The van der Waals surface area contributed by atoms with Gasteiger partial charge in [0.25, 0.3) is 0 Å². The first kappa shape index (κ1) is 19.5. The Labute approximate surface area is 158 Å². The number of hydrogen-bond acceptors (Lipinski definition) is 3. The first-order valence-electron chi connectivity index (χ1n) is 8.36. The number of urea groups is 1. The van der Waals surface area contributed by atoms with Crippen molar-refractivity contribution >= 4 is 35.4 Å². The van der Waals surface area contributed by atoms with E-state index in [1.54, 1.807) is 36.4 Å². The molecule has 0 aromatic heterocycles. The number of halogens is 1. The molecule has 26 heavy (non-hydrogen) atoms. The monoisotopic (exact) mass is 372 g/mol. The quantitative estimate of drug-likeness (QED) is 0.525. The summed E-state index contributed by atoms with van der Waals surface area (Å²) >= 11 is 6.05. The molecule has 0 aliphatic rings. The number of benzene rings is 2. The van der Waals surface area contributed by atoms with Gasteiger partial charge in [-0.05, 0) is 36.3 Å². The number of rotatable bonds is 7. The molecular formula is C20H21ClN2O3. The third-order valence-electron chi connectivity index (χ3n) is 3.51. The normalized spacial score (nSPS) is 10.5. The number of hydrogen-bond donors (Lipinski definition) is 2. The molecular weight excluding hydrogens is 352 g/mol. The van der Waals surface area contributed by atoms with Crippen LogP contribution in [0.25, 0.3) is 6.08 Å². The van der Waals surface area contributed by atoms with E-state index in [4.69, 9.17) is 16.3 Å². The van der Waals surface area contributed by atoms with Crippen molar-refractivity contribution in [3.63, 3.8) is 0 Å². The maximum Gasteiger partial charge on any atom is 0.340 e. The Morgan fingerprint density at radius 3 is 2.62 bits per heavy atom. The van der Waals surface area contributed by atoms with Crippen molar-refractivity contribution in [2.75, 3.05) is 11.9 Å². The van der Waals surface area contributed by atoms with E-state index in [1.807, 2.05) is 25.1 Å². The fourth-order valence-corrected chi connectivity index (χ4v) is 2.33. The Balaban J connectivity index is 1.96. The minimum atomic E-state index is -0.470. The molecule has 0 saturated carbocycles. The third kappa shape index (κ3) is 5.93. The Morgan fingerprint density at radius 1 is 1.12 bits per heavy atom. The number of amides is 2. The van der Waals surface area contributed by atoms with Crippen LogP contribution in [0.2, 0.25) is 5.02 Å². The van der Waals surface area contributed by atoms with E-state index in [0.29, 0.717) is 22.9 Å². The van der Waals surface area contributed by atoms with E-state index in [1.165, 1.54) is 6.20 Å². The van der Waals surface area contributed by atoms with Crippen LogP contribution in [0, 0.1) is 0 Å². The highest BCUT2D eigenvalue weighted by atomic mass is 35.5. The van der Waals surface area contributed by atoms with E-state index in [-0.39, 0.29) is 0 Å². The summed E-state index contributed by atoms with van der Waals surface area (Å²) in [6.07, 6.45) is 4.91. The molecule has 0 saturated heterocycles. The molecule has 0 aliphatic heterocycles. The fraction of sp³-hybridized carbons (Fsp3) is 0.200. The molecule has 2 aromatic carbocycles.